The number of esters is 1. The number of hydrogen-bond acceptors (Lipinski definition) is 4. The van der Waals surface area contributed by atoms with E-state index in [4.69, 9.17) is 4.74 Å². The van der Waals surface area contributed by atoms with Gasteiger partial charge in [0.2, 0.25) is 0 Å². The van der Waals surface area contributed by atoms with Gasteiger partial charge < -0.3 is 9.47 Å². The van der Waals surface area contributed by atoms with Gasteiger partial charge in [-0.3, -0.25) is 0 Å². The first kappa shape index (κ1) is 12.8. The Morgan fingerprint density at radius 2 is 2.06 bits per heavy atom. The average Bonchev–Trinajstić information content (AvgIpc) is 2.41. The van der Waals surface area contributed by atoms with Crippen LogP contribution >= 0.6 is 15.9 Å². The zero-order valence-corrected chi connectivity index (χ0v) is 11.9. The average molecular weight is 310 g/mol. The first-order valence-electron chi connectivity index (χ1n) is 5.30. The molecule has 2 rings (SSSR count). The quantitative estimate of drug-likeness (QED) is 0.800. The highest BCUT2D eigenvalue weighted by atomic mass is 79.9. The summed E-state index contributed by atoms with van der Waals surface area (Å²) >= 11 is 3.48. The van der Waals surface area contributed by atoms with Gasteiger partial charge in [0, 0.05) is 15.9 Å². The Bertz CT molecular complexity index is 625. The van der Waals surface area contributed by atoms with Crippen LogP contribution in [-0.4, -0.2) is 25.2 Å². The van der Waals surface area contributed by atoms with Crippen molar-refractivity contribution in [3.63, 3.8) is 0 Å². The number of pyridine rings is 1. The fraction of sp³-hybridized carbons (Fsp3) is 0.231. The van der Waals surface area contributed by atoms with E-state index in [-0.39, 0.29) is 5.69 Å². The molecule has 0 N–H and O–H groups in total. The molecule has 1 aromatic carbocycles. The minimum Gasteiger partial charge on any atom is -0.496 e. The van der Waals surface area contributed by atoms with Crippen LogP contribution in [0.1, 0.15) is 16.1 Å². The fourth-order valence-electron chi connectivity index (χ4n) is 1.71. The summed E-state index contributed by atoms with van der Waals surface area (Å²) in [6.07, 6.45) is 0. The Morgan fingerprint density at radius 3 is 2.67 bits per heavy atom. The second kappa shape index (κ2) is 4.94. The molecule has 5 heteroatoms. The predicted molar refractivity (Wildman–Crippen MR) is 72.1 cm³/mol. The van der Waals surface area contributed by atoms with Crippen molar-refractivity contribution in [2.24, 2.45) is 0 Å². The molecule has 0 bridgehead atoms. The third-order valence-electron chi connectivity index (χ3n) is 2.69. The van der Waals surface area contributed by atoms with Gasteiger partial charge >= 0.3 is 5.97 Å². The maximum atomic E-state index is 11.6. The van der Waals surface area contributed by atoms with Crippen LogP contribution in [0.4, 0.5) is 0 Å². The lowest BCUT2D eigenvalue weighted by Crippen LogP contribution is -2.05. The summed E-state index contributed by atoms with van der Waals surface area (Å²) in [6, 6.07) is 5.46. The Morgan fingerprint density at radius 1 is 1.33 bits per heavy atom. The molecule has 0 aliphatic carbocycles. The van der Waals surface area contributed by atoms with E-state index in [0.29, 0.717) is 11.3 Å². The maximum absolute atomic E-state index is 11.6. The first-order valence-corrected chi connectivity index (χ1v) is 6.10. The molecular weight excluding hydrogens is 298 g/mol. The fourth-order valence-corrected chi connectivity index (χ4v) is 2.14. The van der Waals surface area contributed by atoms with Crippen LogP contribution in [0.2, 0.25) is 0 Å². The summed E-state index contributed by atoms with van der Waals surface area (Å²) in [5, 5.41) is 0.850. The Labute approximate surface area is 113 Å². The molecule has 0 saturated carbocycles. The molecule has 0 spiro atoms. The zero-order valence-electron chi connectivity index (χ0n) is 10.3. The van der Waals surface area contributed by atoms with E-state index in [1.54, 1.807) is 13.2 Å². The van der Waals surface area contributed by atoms with Crippen molar-refractivity contribution in [2.75, 3.05) is 14.2 Å². The second-order valence-electron chi connectivity index (χ2n) is 3.79. The number of carbonyl (C=O) groups is 1. The smallest absolute Gasteiger partial charge is 0.356 e. The summed E-state index contributed by atoms with van der Waals surface area (Å²) in [7, 11) is 2.88. The summed E-state index contributed by atoms with van der Waals surface area (Å²) in [6.45, 7) is 1.96. The highest BCUT2D eigenvalue weighted by molar-refractivity contribution is 9.10. The number of benzene rings is 1. The van der Waals surface area contributed by atoms with Crippen LogP contribution in [0.15, 0.2) is 22.7 Å². The van der Waals surface area contributed by atoms with E-state index < -0.39 is 5.97 Å². The van der Waals surface area contributed by atoms with E-state index >= 15 is 0 Å². The summed E-state index contributed by atoms with van der Waals surface area (Å²) in [5.74, 6) is 0.115. The first-order chi connectivity index (χ1) is 8.58. The van der Waals surface area contributed by atoms with Gasteiger partial charge in [0.25, 0.3) is 0 Å². The Hall–Kier alpha value is -1.62. The van der Waals surface area contributed by atoms with Gasteiger partial charge in [-0.1, -0.05) is 6.07 Å². The number of methoxy groups -OCH3 is 2. The number of aromatic nitrogens is 1. The van der Waals surface area contributed by atoms with E-state index in [9.17, 15) is 4.79 Å². The third kappa shape index (κ3) is 2.06. The molecule has 0 saturated heterocycles. The van der Waals surface area contributed by atoms with Gasteiger partial charge in [0.05, 0.1) is 19.7 Å². The SMILES string of the molecule is COC(=O)c1cc(OC)c2ccc(C)c(Br)c2n1. The van der Waals surface area contributed by atoms with Gasteiger partial charge in [-0.15, -0.1) is 0 Å². The number of rotatable bonds is 2. The highest BCUT2D eigenvalue weighted by Crippen LogP contribution is 2.32. The number of fused-ring (bicyclic) bond motifs is 1. The number of hydrogen-bond donors (Lipinski definition) is 0. The Kier molecular flexibility index (Phi) is 3.52. The number of carbonyl (C=O) groups excluding carboxylic acids is 1. The monoisotopic (exact) mass is 309 g/mol. The standard InChI is InChI=1S/C13H12BrNO3/c1-7-4-5-8-10(17-2)6-9(13(16)18-3)15-12(8)11(7)14/h4-6H,1-3H3. The molecule has 1 heterocycles. The zero-order chi connectivity index (χ0) is 13.3. The number of aryl methyl sites for hydroxylation is 1. The lowest BCUT2D eigenvalue weighted by molar-refractivity contribution is 0.0594. The second-order valence-corrected chi connectivity index (χ2v) is 4.59. The summed E-state index contributed by atoms with van der Waals surface area (Å²) < 4.78 is 10.8. The van der Waals surface area contributed by atoms with E-state index in [1.165, 1.54) is 7.11 Å². The largest absolute Gasteiger partial charge is 0.496 e. The van der Waals surface area contributed by atoms with Gasteiger partial charge in [0.15, 0.2) is 5.69 Å². The van der Waals surface area contributed by atoms with Gasteiger partial charge in [-0.25, -0.2) is 9.78 Å². The molecule has 0 aliphatic heterocycles. The molecule has 2 aromatic rings. The molecule has 94 valence electrons. The third-order valence-corrected chi connectivity index (χ3v) is 3.69. The maximum Gasteiger partial charge on any atom is 0.356 e. The molecule has 4 nitrogen and oxygen atoms in total. The van der Waals surface area contributed by atoms with Crippen molar-refractivity contribution in [3.05, 3.63) is 33.9 Å². The van der Waals surface area contributed by atoms with Crippen molar-refractivity contribution >= 4 is 32.8 Å². The van der Waals surface area contributed by atoms with Crippen LogP contribution in [0.3, 0.4) is 0 Å². The molecule has 1 aromatic heterocycles. The topological polar surface area (TPSA) is 48.4 Å². The van der Waals surface area contributed by atoms with Gasteiger partial charge in [0.1, 0.15) is 5.75 Å². The molecule has 0 radical (unpaired) electrons. The predicted octanol–water partition coefficient (Wildman–Crippen LogP) is 3.10. The van der Waals surface area contributed by atoms with Crippen LogP contribution in [0, 0.1) is 6.92 Å². The molecule has 18 heavy (non-hydrogen) atoms. The number of nitrogens with zero attached hydrogens (tertiary/aromatic N) is 1. The Balaban J connectivity index is 2.80. The van der Waals surface area contributed by atoms with E-state index in [2.05, 4.69) is 25.7 Å². The molecule has 0 atom stereocenters. The van der Waals surface area contributed by atoms with Gasteiger partial charge in [-0.05, 0) is 34.5 Å². The van der Waals surface area contributed by atoms with Crippen molar-refractivity contribution in [1.29, 1.82) is 0 Å². The van der Waals surface area contributed by atoms with Gasteiger partial charge in [-0.2, -0.15) is 0 Å². The van der Waals surface area contributed by atoms with Crippen LogP contribution < -0.4 is 4.74 Å². The summed E-state index contributed by atoms with van der Waals surface area (Å²) in [5.41, 5.74) is 1.96. The van der Waals surface area contributed by atoms with Crippen LogP contribution in [-0.2, 0) is 4.74 Å². The lowest BCUT2D eigenvalue weighted by atomic mass is 10.1. The van der Waals surface area contributed by atoms with Crippen LogP contribution in [0.5, 0.6) is 5.75 Å². The molecular formula is C13H12BrNO3. The van der Waals surface area contributed by atoms with Crippen molar-refractivity contribution in [1.82, 2.24) is 4.98 Å². The van der Waals surface area contributed by atoms with E-state index in [1.807, 2.05) is 19.1 Å². The molecule has 0 fully saturated rings. The minimum atomic E-state index is -0.483. The van der Waals surface area contributed by atoms with Crippen molar-refractivity contribution in [3.8, 4) is 5.75 Å². The highest BCUT2D eigenvalue weighted by Gasteiger charge is 2.15. The molecule has 0 amide bonds. The molecule has 0 aliphatic rings. The van der Waals surface area contributed by atoms with Crippen molar-refractivity contribution < 1.29 is 14.3 Å². The summed E-state index contributed by atoms with van der Waals surface area (Å²) in [4.78, 5) is 15.9. The molecule has 0 unspecified atom stereocenters. The number of ether oxygens (including phenoxy) is 2. The minimum absolute atomic E-state index is 0.230. The van der Waals surface area contributed by atoms with Crippen molar-refractivity contribution in [2.45, 2.75) is 6.92 Å². The normalized spacial score (nSPS) is 10.4. The van der Waals surface area contributed by atoms with Crippen LogP contribution in [0.25, 0.3) is 10.9 Å². The lowest BCUT2D eigenvalue weighted by Gasteiger charge is -2.10. The number of halogens is 1. The van der Waals surface area contributed by atoms with E-state index in [0.717, 1.165) is 15.4 Å².